The van der Waals surface area contributed by atoms with Gasteiger partial charge in [0.25, 0.3) is 0 Å². The highest BCUT2D eigenvalue weighted by Gasteiger charge is 2.37. The Bertz CT molecular complexity index is 553. The van der Waals surface area contributed by atoms with Crippen LogP contribution in [0, 0.1) is 6.92 Å². The number of piperidine rings is 1. The predicted octanol–water partition coefficient (Wildman–Crippen LogP) is 4.24. The lowest BCUT2D eigenvalue weighted by molar-refractivity contribution is 0.156. The van der Waals surface area contributed by atoms with E-state index in [1.54, 1.807) is 0 Å². The second-order valence-electron chi connectivity index (χ2n) is 7.51. The monoisotopic (exact) mass is 339 g/mol. The third-order valence-electron chi connectivity index (χ3n) is 4.04. The first-order valence-corrected chi connectivity index (χ1v) is 8.49. The summed E-state index contributed by atoms with van der Waals surface area (Å²) in [5, 5.41) is 11.8. The van der Waals surface area contributed by atoms with Crippen LogP contribution in [0.1, 0.15) is 46.1 Å². The van der Waals surface area contributed by atoms with E-state index < -0.39 is 0 Å². The highest BCUT2D eigenvalue weighted by Crippen LogP contribution is 2.29. The van der Waals surface area contributed by atoms with E-state index in [0.29, 0.717) is 11.2 Å². The minimum atomic E-state index is 0.0982. The van der Waals surface area contributed by atoms with Gasteiger partial charge in [-0.05, 0) is 77.4 Å². The van der Waals surface area contributed by atoms with Crippen LogP contribution in [0.25, 0.3) is 0 Å². The molecule has 3 nitrogen and oxygen atoms in total. The molecule has 5 heteroatoms. The molecule has 1 aromatic carbocycles. The molecule has 0 amide bonds. The van der Waals surface area contributed by atoms with Crippen LogP contribution >= 0.6 is 23.8 Å². The van der Waals surface area contributed by atoms with E-state index in [1.807, 2.05) is 25.1 Å². The van der Waals surface area contributed by atoms with Gasteiger partial charge in [-0.2, -0.15) is 0 Å². The number of nitrogens with one attached hydrogen (secondary N) is 3. The van der Waals surface area contributed by atoms with Crippen molar-refractivity contribution in [3.8, 4) is 0 Å². The third-order valence-corrected chi connectivity index (χ3v) is 4.67. The second-order valence-corrected chi connectivity index (χ2v) is 8.32. The van der Waals surface area contributed by atoms with E-state index >= 15 is 0 Å². The van der Waals surface area contributed by atoms with Crippen LogP contribution in [0.3, 0.4) is 0 Å². The van der Waals surface area contributed by atoms with Gasteiger partial charge in [-0.25, -0.2) is 0 Å². The molecule has 0 saturated carbocycles. The second kappa shape index (κ2) is 6.34. The first kappa shape index (κ1) is 17.5. The Hall–Kier alpha value is -0.840. The molecule has 0 aliphatic carbocycles. The smallest absolute Gasteiger partial charge is 0.171 e. The van der Waals surface area contributed by atoms with Crippen molar-refractivity contribution in [2.24, 2.45) is 0 Å². The molecule has 1 fully saturated rings. The fraction of sp³-hybridized carbons (Fsp3) is 0.588. The zero-order chi connectivity index (χ0) is 16.5. The molecule has 0 unspecified atom stereocenters. The van der Waals surface area contributed by atoms with Crippen molar-refractivity contribution in [2.75, 3.05) is 5.32 Å². The summed E-state index contributed by atoms with van der Waals surface area (Å²) in [6.45, 7) is 10.9. The van der Waals surface area contributed by atoms with Crippen LogP contribution < -0.4 is 16.0 Å². The average Bonchev–Trinajstić information content (AvgIpc) is 2.30. The zero-order valence-corrected chi connectivity index (χ0v) is 15.6. The Morgan fingerprint density at radius 2 is 1.82 bits per heavy atom. The van der Waals surface area contributed by atoms with E-state index in [0.717, 1.165) is 29.1 Å². The normalized spacial score (nSPS) is 20.5. The van der Waals surface area contributed by atoms with Gasteiger partial charge in [-0.3, -0.25) is 0 Å². The summed E-state index contributed by atoms with van der Waals surface area (Å²) in [5.41, 5.74) is 2.17. The minimum Gasteiger partial charge on any atom is -0.360 e. The number of anilines is 1. The lowest BCUT2D eigenvalue weighted by atomic mass is 9.80. The van der Waals surface area contributed by atoms with Crippen LogP contribution in [-0.2, 0) is 0 Å². The summed E-state index contributed by atoms with van der Waals surface area (Å²) in [5.74, 6) is 0. The van der Waals surface area contributed by atoms with Gasteiger partial charge < -0.3 is 16.0 Å². The standard InChI is InChI=1S/C17H26ClN3S/c1-11-13(18)7-6-8-14(11)20-15(22)19-12-9-16(2,3)21-17(4,5)10-12/h6-8,12,21H,9-10H2,1-5H3,(H2,19,20,22). The lowest BCUT2D eigenvalue weighted by Crippen LogP contribution is -2.62. The quantitative estimate of drug-likeness (QED) is 0.704. The molecule has 0 bridgehead atoms. The van der Waals surface area contributed by atoms with Crippen LogP contribution in [-0.4, -0.2) is 22.2 Å². The Labute approximate surface area is 144 Å². The molecule has 3 N–H and O–H groups in total. The van der Waals surface area contributed by atoms with E-state index in [4.69, 9.17) is 23.8 Å². The molecule has 0 atom stereocenters. The first-order chi connectivity index (χ1) is 10.1. The highest BCUT2D eigenvalue weighted by atomic mass is 35.5. The summed E-state index contributed by atoms with van der Waals surface area (Å²) < 4.78 is 0. The topological polar surface area (TPSA) is 36.1 Å². The summed E-state index contributed by atoms with van der Waals surface area (Å²) >= 11 is 11.6. The van der Waals surface area contributed by atoms with Crippen molar-refractivity contribution in [3.05, 3.63) is 28.8 Å². The zero-order valence-electron chi connectivity index (χ0n) is 14.0. The molecule has 2 rings (SSSR count). The Balaban J connectivity index is 2.01. The van der Waals surface area contributed by atoms with Crippen molar-refractivity contribution < 1.29 is 0 Å². The fourth-order valence-electron chi connectivity index (χ4n) is 3.51. The summed E-state index contributed by atoms with van der Waals surface area (Å²) in [6.07, 6.45) is 2.07. The van der Waals surface area contributed by atoms with Gasteiger partial charge in [0.05, 0.1) is 0 Å². The number of hydrogen-bond donors (Lipinski definition) is 3. The maximum absolute atomic E-state index is 6.15. The maximum atomic E-state index is 6.15. The molecule has 0 aromatic heterocycles. The molecule has 1 heterocycles. The van der Waals surface area contributed by atoms with Gasteiger partial charge in [0.15, 0.2) is 5.11 Å². The van der Waals surface area contributed by atoms with Crippen LogP contribution in [0.2, 0.25) is 5.02 Å². The summed E-state index contributed by atoms with van der Waals surface area (Å²) in [4.78, 5) is 0. The number of thiocarbonyl (C=S) groups is 1. The van der Waals surface area contributed by atoms with Crippen molar-refractivity contribution >= 4 is 34.6 Å². The maximum Gasteiger partial charge on any atom is 0.171 e. The van der Waals surface area contributed by atoms with Gasteiger partial charge in [0.1, 0.15) is 0 Å². The third kappa shape index (κ3) is 4.58. The summed E-state index contributed by atoms with van der Waals surface area (Å²) in [7, 11) is 0. The van der Waals surface area contributed by atoms with Crippen LogP contribution in [0.4, 0.5) is 5.69 Å². The van der Waals surface area contributed by atoms with Gasteiger partial charge in [-0.1, -0.05) is 17.7 Å². The molecule has 1 aliphatic heterocycles. The highest BCUT2D eigenvalue weighted by molar-refractivity contribution is 7.80. The number of benzene rings is 1. The van der Waals surface area contributed by atoms with Crippen molar-refractivity contribution in [1.29, 1.82) is 0 Å². The molecule has 22 heavy (non-hydrogen) atoms. The molecule has 0 spiro atoms. The predicted molar refractivity (Wildman–Crippen MR) is 99.9 cm³/mol. The van der Waals surface area contributed by atoms with E-state index in [-0.39, 0.29) is 11.1 Å². The van der Waals surface area contributed by atoms with Crippen LogP contribution in [0.15, 0.2) is 18.2 Å². The van der Waals surface area contributed by atoms with Crippen LogP contribution in [0.5, 0.6) is 0 Å². The van der Waals surface area contributed by atoms with Crippen molar-refractivity contribution in [3.63, 3.8) is 0 Å². The Kier molecular flexibility index (Phi) is 5.05. The average molecular weight is 340 g/mol. The van der Waals surface area contributed by atoms with Gasteiger partial charge in [0, 0.05) is 27.8 Å². The molecular weight excluding hydrogens is 314 g/mol. The molecule has 1 aromatic rings. The van der Waals surface area contributed by atoms with Gasteiger partial charge in [-0.15, -0.1) is 0 Å². The molecular formula is C17H26ClN3S. The van der Waals surface area contributed by atoms with E-state index in [2.05, 4.69) is 43.6 Å². The van der Waals surface area contributed by atoms with E-state index in [9.17, 15) is 0 Å². The number of hydrogen-bond acceptors (Lipinski definition) is 2. The number of halogens is 1. The minimum absolute atomic E-state index is 0.0982. The largest absolute Gasteiger partial charge is 0.360 e. The Morgan fingerprint density at radius 3 is 2.41 bits per heavy atom. The fourth-order valence-corrected chi connectivity index (χ4v) is 3.96. The molecule has 0 radical (unpaired) electrons. The SMILES string of the molecule is Cc1c(Cl)cccc1NC(=S)NC1CC(C)(C)NC(C)(C)C1. The Morgan fingerprint density at radius 1 is 1.23 bits per heavy atom. The van der Waals surface area contributed by atoms with Gasteiger partial charge in [0.2, 0.25) is 0 Å². The molecule has 122 valence electrons. The van der Waals surface area contributed by atoms with E-state index in [1.165, 1.54) is 0 Å². The lowest BCUT2D eigenvalue weighted by Gasteiger charge is -2.46. The number of rotatable bonds is 2. The van der Waals surface area contributed by atoms with Gasteiger partial charge >= 0.3 is 0 Å². The summed E-state index contributed by atoms with van der Waals surface area (Å²) in [6, 6.07) is 6.16. The van der Waals surface area contributed by atoms with Crippen molar-refractivity contribution in [2.45, 2.75) is 64.6 Å². The molecule has 1 saturated heterocycles. The first-order valence-electron chi connectivity index (χ1n) is 7.70. The van der Waals surface area contributed by atoms with Crippen molar-refractivity contribution in [1.82, 2.24) is 10.6 Å². The molecule has 1 aliphatic rings.